The van der Waals surface area contributed by atoms with Crippen molar-refractivity contribution in [3.63, 3.8) is 0 Å². The Labute approximate surface area is 145 Å². The molecule has 2 aromatic rings. The molecule has 2 rings (SSSR count). The van der Waals surface area contributed by atoms with Crippen LogP contribution >= 0.6 is 0 Å². The molecule has 0 fully saturated rings. The quantitative estimate of drug-likeness (QED) is 0.496. The number of nitro groups is 1. The number of rotatable bonds is 6. The van der Waals surface area contributed by atoms with Crippen LogP contribution in [0.15, 0.2) is 41.5 Å². The largest absolute Gasteiger partial charge is 0.484 e. The minimum absolute atomic E-state index is 0.0368. The van der Waals surface area contributed by atoms with Gasteiger partial charge in [0.15, 0.2) is 6.61 Å². The lowest BCUT2D eigenvalue weighted by atomic mass is 10.0. The number of non-ortho nitro benzene ring substituents is 1. The monoisotopic (exact) mass is 341 g/mol. The number of ether oxygens (including phenoxy) is 1. The molecule has 1 amide bonds. The highest BCUT2D eigenvalue weighted by Gasteiger charge is 2.06. The Hall–Kier alpha value is -3.22. The summed E-state index contributed by atoms with van der Waals surface area (Å²) in [6, 6.07) is 9.60. The van der Waals surface area contributed by atoms with Gasteiger partial charge in [0.05, 0.1) is 11.1 Å². The van der Waals surface area contributed by atoms with Crippen LogP contribution in [-0.4, -0.2) is 23.7 Å². The minimum Gasteiger partial charge on any atom is -0.484 e. The summed E-state index contributed by atoms with van der Waals surface area (Å²) in [6.07, 6.45) is 1.61. The number of hydrogen-bond acceptors (Lipinski definition) is 5. The number of nitro benzene ring substituents is 1. The van der Waals surface area contributed by atoms with E-state index in [-0.39, 0.29) is 12.3 Å². The first-order chi connectivity index (χ1) is 11.9. The zero-order valence-corrected chi connectivity index (χ0v) is 14.3. The maximum absolute atomic E-state index is 11.7. The van der Waals surface area contributed by atoms with E-state index < -0.39 is 10.8 Å². The molecule has 0 radical (unpaired) electrons. The van der Waals surface area contributed by atoms with Crippen molar-refractivity contribution in [2.45, 2.75) is 20.8 Å². The van der Waals surface area contributed by atoms with Gasteiger partial charge in [-0.1, -0.05) is 17.7 Å². The molecule has 7 heteroatoms. The number of nitrogens with one attached hydrogen (secondary N) is 1. The van der Waals surface area contributed by atoms with Gasteiger partial charge in [0.25, 0.3) is 11.6 Å². The first-order valence-corrected chi connectivity index (χ1v) is 7.64. The molecule has 25 heavy (non-hydrogen) atoms. The van der Waals surface area contributed by atoms with Gasteiger partial charge in [0, 0.05) is 17.7 Å². The molecule has 130 valence electrons. The molecule has 0 aromatic heterocycles. The van der Waals surface area contributed by atoms with Crippen LogP contribution in [0.3, 0.4) is 0 Å². The molecule has 0 heterocycles. The number of nitrogens with zero attached hydrogens (tertiary/aromatic N) is 2. The maximum Gasteiger partial charge on any atom is 0.277 e. The van der Waals surface area contributed by atoms with Crippen molar-refractivity contribution in [1.29, 1.82) is 0 Å². The second-order valence-electron chi connectivity index (χ2n) is 5.65. The molecule has 2 aromatic carbocycles. The molecule has 0 unspecified atom stereocenters. The summed E-state index contributed by atoms with van der Waals surface area (Å²) >= 11 is 0. The molecule has 0 aliphatic heterocycles. The highest BCUT2D eigenvalue weighted by molar-refractivity contribution is 5.85. The SMILES string of the molecule is Cc1cc(C)c(C=NNC(=O)COc2ccc([N+](=O)[O-])cc2)c(C)c1. The average Bonchev–Trinajstić information content (AvgIpc) is 2.55. The van der Waals surface area contributed by atoms with Crippen LogP contribution in [-0.2, 0) is 4.79 Å². The Kier molecular flexibility index (Phi) is 5.84. The van der Waals surface area contributed by atoms with Crippen LogP contribution in [0.5, 0.6) is 5.75 Å². The minimum atomic E-state index is -0.500. The van der Waals surface area contributed by atoms with Gasteiger partial charge in [-0.05, 0) is 44.0 Å². The fraction of sp³-hybridized carbons (Fsp3) is 0.222. The van der Waals surface area contributed by atoms with Crippen molar-refractivity contribution >= 4 is 17.8 Å². The van der Waals surface area contributed by atoms with E-state index >= 15 is 0 Å². The fourth-order valence-electron chi connectivity index (χ4n) is 2.41. The first kappa shape index (κ1) is 18.1. The number of aryl methyl sites for hydroxylation is 3. The molecule has 7 nitrogen and oxygen atoms in total. The number of amides is 1. The smallest absolute Gasteiger partial charge is 0.277 e. The summed E-state index contributed by atoms with van der Waals surface area (Å²) in [4.78, 5) is 21.8. The van der Waals surface area contributed by atoms with E-state index in [1.54, 1.807) is 6.21 Å². The first-order valence-electron chi connectivity index (χ1n) is 7.64. The van der Waals surface area contributed by atoms with Gasteiger partial charge < -0.3 is 4.74 Å². The molecular formula is C18H19N3O4. The lowest BCUT2D eigenvalue weighted by Crippen LogP contribution is -2.24. The van der Waals surface area contributed by atoms with Crippen molar-refractivity contribution in [3.05, 3.63) is 68.8 Å². The third-order valence-electron chi connectivity index (χ3n) is 3.54. The van der Waals surface area contributed by atoms with E-state index in [4.69, 9.17) is 4.74 Å². The number of carbonyl (C=O) groups excluding carboxylic acids is 1. The zero-order chi connectivity index (χ0) is 18.4. The van der Waals surface area contributed by atoms with Gasteiger partial charge in [0.2, 0.25) is 0 Å². The van der Waals surface area contributed by atoms with Crippen LogP contribution < -0.4 is 10.2 Å². The summed E-state index contributed by atoms with van der Waals surface area (Å²) in [6.45, 7) is 5.76. The number of hydrazone groups is 1. The Morgan fingerprint density at radius 2 is 1.80 bits per heavy atom. The predicted molar refractivity (Wildman–Crippen MR) is 95.0 cm³/mol. The molecular weight excluding hydrogens is 322 g/mol. The molecule has 0 spiro atoms. The van der Waals surface area contributed by atoms with Crippen LogP contribution in [0.4, 0.5) is 5.69 Å². The Morgan fingerprint density at radius 3 is 2.36 bits per heavy atom. The molecule has 0 atom stereocenters. The molecule has 1 N–H and O–H groups in total. The van der Waals surface area contributed by atoms with Crippen molar-refractivity contribution in [2.24, 2.45) is 5.10 Å². The third-order valence-corrected chi connectivity index (χ3v) is 3.54. The van der Waals surface area contributed by atoms with Gasteiger partial charge in [-0.3, -0.25) is 14.9 Å². The summed E-state index contributed by atoms with van der Waals surface area (Å²) < 4.78 is 5.26. The normalized spacial score (nSPS) is 10.7. The number of benzene rings is 2. The third kappa shape index (κ3) is 5.13. The van der Waals surface area contributed by atoms with E-state index in [0.717, 1.165) is 16.7 Å². The lowest BCUT2D eigenvalue weighted by Gasteiger charge is -2.07. The van der Waals surface area contributed by atoms with Crippen LogP contribution in [0.25, 0.3) is 0 Å². The van der Waals surface area contributed by atoms with Crippen molar-refractivity contribution in [2.75, 3.05) is 6.61 Å². The Bertz CT molecular complexity index is 791. The average molecular weight is 341 g/mol. The van der Waals surface area contributed by atoms with Crippen LogP contribution in [0, 0.1) is 30.9 Å². The van der Waals surface area contributed by atoms with E-state index in [9.17, 15) is 14.9 Å². The van der Waals surface area contributed by atoms with Gasteiger partial charge >= 0.3 is 0 Å². The summed E-state index contributed by atoms with van der Waals surface area (Å²) in [5.41, 5.74) is 6.66. The maximum atomic E-state index is 11.7. The van der Waals surface area contributed by atoms with E-state index in [2.05, 4.69) is 10.5 Å². The predicted octanol–water partition coefficient (Wildman–Crippen LogP) is 3.05. The van der Waals surface area contributed by atoms with E-state index in [1.165, 1.54) is 29.8 Å². The zero-order valence-electron chi connectivity index (χ0n) is 14.3. The van der Waals surface area contributed by atoms with Crippen molar-refractivity contribution in [3.8, 4) is 5.75 Å². The molecule has 0 saturated heterocycles. The Balaban J connectivity index is 1.87. The Morgan fingerprint density at radius 1 is 1.20 bits per heavy atom. The summed E-state index contributed by atoms with van der Waals surface area (Å²) in [5, 5.41) is 14.5. The number of hydrogen-bond donors (Lipinski definition) is 1. The van der Waals surface area contributed by atoms with Crippen molar-refractivity contribution in [1.82, 2.24) is 5.43 Å². The van der Waals surface area contributed by atoms with Crippen LogP contribution in [0.1, 0.15) is 22.3 Å². The molecule has 0 aliphatic carbocycles. The van der Waals surface area contributed by atoms with Crippen LogP contribution in [0.2, 0.25) is 0 Å². The number of carbonyl (C=O) groups is 1. The van der Waals surface area contributed by atoms with Gasteiger partial charge in [0.1, 0.15) is 5.75 Å². The second kappa shape index (κ2) is 8.05. The van der Waals surface area contributed by atoms with Gasteiger partial charge in [-0.2, -0.15) is 5.10 Å². The molecule has 0 saturated carbocycles. The summed E-state index contributed by atoms with van der Waals surface area (Å²) in [7, 11) is 0. The van der Waals surface area contributed by atoms with Crippen molar-refractivity contribution < 1.29 is 14.5 Å². The second-order valence-corrected chi connectivity index (χ2v) is 5.65. The summed E-state index contributed by atoms with van der Waals surface area (Å²) in [5.74, 6) is -0.0491. The highest BCUT2D eigenvalue weighted by Crippen LogP contribution is 2.17. The fourth-order valence-corrected chi connectivity index (χ4v) is 2.41. The van der Waals surface area contributed by atoms with E-state index in [1.807, 2.05) is 32.9 Å². The standard InChI is InChI=1S/C18H19N3O4/c1-12-8-13(2)17(14(3)9-12)10-19-20-18(22)11-25-16-6-4-15(5-7-16)21(23)24/h4-10H,11H2,1-3H3,(H,20,22). The van der Waals surface area contributed by atoms with E-state index in [0.29, 0.717) is 5.75 Å². The highest BCUT2D eigenvalue weighted by atomic mass is 16.6. The van der Waals surface area contributed by atoms with Gasteiger partial charge in [-0.15, -0.1) is 0 Å². The van der Waals surface area contributed by atoms with Gasteiger partial charge in [-0.25, -0.2) is 5.43 Å². The topological polar surface area (TPSA) is 93.8 Å². The lowest BCUT2D eigenvalue weighted by molar-refractivity contribution is -0.384. The molecule has 0 aliphatic rings. The molecule has 0 bridgehead atoms.